The van der Waals surface area contributed by atoms with Gasteiger partial charge in [0.1, 0.15) is 0 Å². The summed E-state index contributed by atoms with van der Waals surface area (Å²) in [5, 5.41) is 20.5. The predicted octanol–water partition coefficient (Wildman–Crippen LogP) is 4.85. The van der Waals surface area contributed by atoms with Gasteiger partial charge in [-0.15, -0.1) is 0 Å². The second kappa shape index (κ2) is 7.73. The van der Waals surface area contributed by atoms with Gasteiger partial charge in [0.05, 0.1) is 16.7 Å². The Bertz CT molecular complexity index is 1130. The normalized spacial score (nSPS) is 15.8. The van der Waals surface area contributed by atoms with E-state index in [0.717, 1.165) is 5.56 Å². The van der Waals surface area contributed by atoms with Crippen molar-refractivity contribution in [3.05, 3.63) is 105 Å². The lowest BCUT2D eigenvalue weighted by Crippen LogP contribution is -2.39. The van der Waals surface area contributed by atoms with Crippen molar-refractivity contribution in [2.75, 3.05) is 5.32 Å². The molecule has 0 radical (unpaired) electrons. The highest BCUT2D eigenvalue weighted by Crippen LogP contribution is 2.34. The summed E-state index contributed by atoms with van der Waals surface area (Å²) in [6.07, 6.45) is 0.851. The van der Waals surface area contributed by atoms with Gasteiger partial charge in [-0.25, -0.2) is 5.01 Å². The molecule has 0 bridgehead atoms. The number of para-hydroxylation sites is 1. The van der Waals surface area contributed by atoms with Gasteiger partial charge in [0.2, 0.25) is 0 Å². The van der Waals surface area contributed by atoms with Crippen LogP contribution in [0, 0.1) is 10.1 Å². The summed E-state index contributed by atoms with van der Waals surface area (Å²) in [6, 6.07) is 20.4. The summed E-state index contributed by atoms with van der Waals surface area (Å²) in [6.45, 7) is 0. The average molecular weight is 407 g/mol. The molecule has 144 valence electrons. The standard InChI is InChI=1S/C21H15ClN4O3/c22-16-7-4-6-15(12-16)20-24-19-10-2-1-9-18(19)21(27)25(20)23-13-14-5-3-8-17(11-14)26(28)29/h1-13,20,24H/b23-13+. The topological polar surface area (TPSA) is 87.8 Å². The van der Waals surface area contributed by atoms with Gasteiger partial charge in [-0.2, -0.15) is 5.10 Å². The minimum atomic E-state index is -0.578. The molecule has 1 heterocycles. The maximum Gasteiger partial charge on any atom is 0.278 e. The van der Waals surface area contributed by atoms with E-state index in [9.17, 15) is 14.9 Å². The van der Waals surface area contributed by atoms with Crippen LogP contribution in [0.4, 0.5) is 11.4 Å². The largest absolute Gasteiger partial charge is 0.359 e. The second-order valence-corrected chi connectivity index (χ2v) is 6.83. The van der Waals surface area contributed by atoms with E-state index in [1.807, 2.05) is 18.2 Å². The van der Waals surface area contributed by atoms with E-state index < -0.39 is 11.1 Å². The Kier molecular flexibility index (Phi) is 4.97. The number of hydrazone groups is 1. The van der Waals surface area contributed by atoms with Crippen LogP contribution in [0.1, 0.15) is 27.7 Å². The van der Waals surface area contributed by atoms with Gasteiger partial charge in [0, 0.05) is 28.4 Å². The van der Waals surface area contributed by atoms with Gasteiger partial charge in [-0.3, -0.25) is 14.9 Å². The van der Waals surface area contributed by atoms with Crippen molar-refractivity contribution in [2.45, 2.75) is 6.17 Å². The molecule has 1 aliphatic heterocycles. The Morgan fingerprint density at radius 2 is 1.86 bits per heavy atom. The molecule has 0 spiro atoms. The SMILES string of the molecule is O=C1c2ccccc2NC(c2cccc(Cl)c2)N1/N=C/c1cccc([N+](=O)[O-])c1. The number of nitro groups is 1. The predicted molar refractivity (Wildman–Crippen MR) is 111 cm³/mol. The molecule has 3 aromatic carbocycles. The van der Waals surface area contributed by atoms with E-state index >= 15 is 0 Å². The smallest absolute Gasteiger partial charge is 0.278 e. The van der Waals surface area contributed by atoms with Crippen LogP contribution in [0.2, 0.25) is 5.02 Å². The van der Waals surface area contributed by atoms with Crippen LogP contribution in [0.3, 0.4) is 0 Å². The zero-order chi connectivity index (χ0) is 20.4. The monoisotopic (exact) mass is 406 g/mol. The van der Waals surface area contributed by atoms with E-state index in [4.69, 9.17) is 11.6 Å². The van der Waals surface area contributed by atoms with Gasteiger partial charge in [-0.1, -0.05) is 48.0 Å². The Hall–Kier alpha value is -3.71. The van der Waals surface area contributed by atoms with E-state index in [-0.39, 0.29) is 11.6 Å². The van der Waals surface area contributed by atoms with E-state index in [1.54, 1.807) is 42.5 Å². The van der Waals surface area contributed by atoms with Crippen molar-refractivity contribution < 1.29 is 9.72 Å². The molecule has 8 heteroatoms. The van der Waals surface area contributed by atoms with Crippen molar-refractivity contribution in [3.8, 4) is 0 Å². The Morgan fingerprint density at radius 3 is 2.66 bits per heavy atom. The number of benzene rings is 3. The molecule has 4 rings (SSSR count). The second-order valence-electron chi connectivity index (χ2n) is 6.39. The molecule has 0 aromatic heterocycles. The van der Waals surface area contributed by atoms with Gasteiger partial charge in [0.25, 0.3) is 11.6 Å². The molecule has 1 aliphatic rings. The summed E-state index contributed by atoms with van der Waals surface area (Å²) < 4.78 is 0. The number of amides is 1. The van der Waals surface area contributed by atoms with Crippen molar-refractivity contribution in [1.29, 1.82) is 0 Å². The molecule has 1 N–H and O–H groups in total. The lowest BCUT2D eigenvalue weighted by molar-refractivity contribution is -0.384. The van der Waals surface area contributed by atoms with Gasteiger partial charge in [0.15, 0.2) is 6.17 Å². The number of halogens is 1. The highest BCUT2D eigenvalue weighted by Gasteiger charge is 2.32. The molecular weight excluding hydrogens is 392 g/mol. The minimum absolute atomic E-state index is 0.0474. The number of hydrogen-bond acceptors (Lipinski definition) is 5. The number of nitro benzene ring substituents is 1. The number of hydrogen-bond donors (Lipinski definition) is 1. The van der Waals surface area contributed by atoms with E-state index in [1.165, 1.54) is 23.4 Å². The van der Waals surface area contributed by atoms with E-state index in [0.29, 0.717) is 21.8 Å². The van der Waals surface area contributed by atoms with Crippen LogP contribution in [0.25, 0.3) is 0 Å². The zero-order valence-corrected chi connectivity index (χ0v) is 15.8. The third-order valence-corrected chi connectivity index (χ3v) is 4.71. The number of rotatable bonds is 4. The maximum atomic E-state index is 13.1. The van der Waals surface area contributed by atoms with Crippen molar-refractivity contribution in [1.82, 2.24) is 5.01 Å². The highest BCUT2D eigenvalue weighted by atomic mass is 35.5. The molecule has 0 saturated heterocycles. The first-order valence-corrected chi connectivity index (χ1v) is 9.14. The number of fused-ring (bicyclic) bond motifs is 1. The number of nitrogens with zero attached hydrogens (tertiary/aromatic N) is 3. The molecule has 1 unspecified atom stereocenters. The fraction of sp³-hybridized carbons (Fsp3) is 0.0476. The number of carbonyl (C=O) groups is 1. The molecule has 0 saturated carbocycles. The Labute approximate surface area is 171 Å². The maximum absolute atomic E-state index is 13.1. The quantitative estimate of drug-likeness (QED) is 0.381. The van der Waals surface area contributed by atoms with Crippen LogP contribution in [-0.4, -0.2) is 22.1 Å². The Morgan fingerprint density at radius 1 is 1.07 bits per heavy atom. The molecule has 3 aromatic rings. The summed E-state index contributed by atoms with van der Waals surface area (Å²) in [5.41, 5.74) is 2.41. The van der Waals surface area contributed by atoms with Crippen molar-refractivity contribution >= 4 is 35.1 Å². The molecular formula is C21H15ClN4O3. The summed E-state index contributed by atoms with van der Waals surface area (Å²) in [5.74, 6) is -0.286. The molecule has 1 atom stereocenters. The first-order chi connectivity index (χ1) is 14.0. The number of non-ortho nitro benzene ring substituents is 1. The Balaban J connectivity index is 1.74. The van der Waals surface area contributed by atoms with Crippen LogP contribution in [0.15, 0.2) is 77.9 Å². The molecule has 7 nitrogen and oxygen atoms in total. The number of anilines is 1. The van der Waals surface area contributed by atoms with Crippen molar-refractivity contribution in [3.63, 3.8) is 0 Å². The van der Waals surface area contributed by atoms with Gasteiger partial charge >= 0.3 is 0 Å². The molecule has 29 heavy (non-hydrogen) atoms. The number of nitrogens with one attached hydrogen (secondary N) is 1. The molecule has 0 fully saturated rings. The van der Waals surface area contributed by atoms with Crippen LogP contribution >= 0.6 is 11.6 Å². The minimum Gasteiger partial charge on any atom is -0.359 e. The lowest BCUT2D eigenvalue weighted by atomic mass is 10.1. The summed E-state index contributed by atoms with van der Waals surface area (Å²) >= 11 is 6.13. The molecule has 0 aliphatic carbocycles. The fourth-order valence-electron chi connectivity index (χ4n) is 3.11. The third kappa shape index (κ3) is 3.81. The third-order valence-electron chi connectivity index (χ3n) is 4.48. The average Bonchev–Trinajstić information content (AvgIpc) is 2.73. The lowest BCUT2D eigenvalue weighted by Gasteiger charge is -2.34. The summed E-state index contributed by atoms with van der Waals surface area (Å²) in [7, 11) is 0. The highest BCUT2D eigenvalue weighted by molar-refractivity contribution is 6.30. The fourth-order valence-corrected chi connectivity index (χ4v) is 3.31. The first-order valence-electron chi connectivity index (χ1n) is 8.76. The van der Waals surface area contributed by atoms with Gasteiger partial charge in [-0.05, 0) is 29.8 Å². The van der Waals surface area contributed by atoms with Crippen LogP contribution in [0.5, 0.6) is 0 Å². The van der Waals surface area contributed by atoms with Gasteiger partial charge < -0.3 is 5.32 Å². The van der Waals surface area contributed by atoms with Crippen molar-refractivity contribution in [2.24, 2.45) is 5.10 Å². The van der Waals surface area contributed by atoms with Crippen LogP contribution < -0.4 is 5.32 Å². The summed E-state index contributed by atoms with van der Waals surface area (Å²) in [4.78, 5) is 23.6. The first kappa shape index (κ1) is 18.6. The zero-order valence-electron chi connectivity index (χ0n) is 15.0. The number of carbonyl (C=O) groups excluding carboxylic acids is 1. The van der Waals surface area contributed by atoms with Crippen LogP contribution in [-0.2, 0) is 0 Å². The molecule has 1 amide bonds. The van der Waals surface area contributed by atoms with E-state index in [2.05, 4.69) is 10.4 Å².